The third kappa shape index (κ3) is 3.48. The number of aromatic amines is 1. The van der Waals surface area contributed by atoms with Crippen LogP contribution in [0.5, 0.6) is 0 Å². The van der Waals surface area contributed by atoms with E-state index in [4.69, 9.17) is 14.2 Å². The Morgan fingerprint density at radius 2 is 1.72 bits per heavy atom. The van der Waals surface area contributed by atoms with E-state index in [1.807, 2.05) is 42.5 Å². The number of hydrogen-bond donors (Lipinski definition) is 1. The van der Waals surface area contributed by atoms with Gasteiger partial charge in [0.25, 0.3) is 0 Å². The Bertz CT molecular complexity index is 1060. The van der Waals surface area contributed by atoms with Crippen LogP contribution in [0.25, 0.3) is 22.2 Å². The van der Waals surface area contributed by atoms with Crippen molar-refractivity contribution in [3.63, 3.8) is 0 Å². The van der Waals surface area contributed by atoms with Gasteiger partial charge in [-0.2, -0.15) is 0 Å². The molecule has 7 heteroatoms. The summed E-state index contributed by atoms with van der Waals surface area (Å²) in [6, 6.07) is 17.8. The van der Waals surface area contributed by atoms with Crippen molar-refractivity contribution in [1.82, 2.24) is 4.98 Å². The summed E-state index contributed by atoms with van der Waals surface area (Å²) in [6.07, 6.45) is 0. The zero-order chi connectivity index (χ0) is 20.4. The fourth-order valence-electron chi connectivity index (χ4n) is 3.40. The minimum atomic E-state index is -0.621. The summed E-state index contributed by atoms with van der Waals surface area (Å²) in [5.74, 6) is -1.24. The van der Waals surface area contributed by atoms with Gasteiger partial charge in [0.1, 0.15) is 12.4 Å². The molecule has 2 aromatic carbocycles. The number of rotatable bonds is 4. The normalized spacial score (nSPS) is 14.2. The van der Waals surface area contributed by atoms with Crippen LogP contribution in [-0.2, 0) is 23.8 Å². The van der Waals surface area contributed by atoms with Gasteiger partial charge in [0.05, 0.1) is 26.4 Å². The highest BCUT2D eigenvalue weighted by Crippen LogP contribution is 2.30. The summed E-state index contributed by atoms with van der Waals surface area (Å²) in [4.78, 5) is 29.5. The number of carbonyl (C=O) groups is 2. The maximum atomic E-state index is 12.4. The average molecular weight is 392 g/mol. The van der Waals surface area contributed by atoms with E-state index in [1.165, 1.54) is 14.2 Å². The van der Waals surface area contributed by atoms with Gasteiger partial charge in [0, 0.05) is 22.3 Å². The molecule has 0 spiro atoms. The van der Waals surface area contributed by atoms with Crippen LogP contribution in [0.2, 0.25) is 0 Å². The second-order valence-electron chi connectivity index (χ2n) is 6.53. The number of aromatic nitrogens is 1. The molecule has 1 N–H and O–H groups in total. The van der Waals surface area contributed by atoms with E-state index in [0.29, 0.717) is 5.69 Å². The first kappa shape index (κ1) is 18.8. The lowest BCUT2D eigenvalue weighted by Gasteiger charge is -2.31. The van der Waals surface area contributed by atoms with Crippen molar-refractivity contribution < 1.29 is 23.8 Å². The lowest BCUT2D eigenvalue weighted by molar-refractivity contribution is -0.140. The molecule has 0 unspecified atom stereocenters. The van der Waals surface area contributed by atoms with Gasteiger partial charge < -0.3 is 24.1 Å². The Morgan fingerprint density at radius 3 is 2.41 bits per heavy atom. The van der Waals surface area contributed by atoms with Gasteiger partial charge in [-0.3, -0.25) is 0 Å². The third-order valence-corrected chi connectivity index (χ3v) is 4.85. The van der Waals surface area contributed by atoms with E-state index in [0.717, 1.165) is 22.2 Å². The third-order valence-electron chi connectivity index (χ3n) is 4.85. The molecule has 0 amide bonds. The zero-order valence-electron chi connectivity index (χ0n) is 16.1. The number of nitrogens with zero attached hydrogens (tertiary/aromatic N) is 1. The highest BCUT2D eigenvalue weighted by atomic mass is 16.5. The van der Waals surface area contributed by atoms with Crippen LogP contribution in [0.4, 0.5) is 5.69 Å². The smallest absolute Gasteiger partial charge is 0.355 e. The second-order valence-corrected chi connectivity index (χ2v) is 6.53. The zero-order valence-corrected chi connectivity index (χ0v) is 16.1. The standard InChI is InChI=1S/C22H20N2O5/c1-27-21(25)17-12-29-13-24(20(17)22(26)28-2)16-9-7-14(8-10-16)19-11-15-5-3-4-6-18(15)23-19/h3-11,23H,12-13H2,1-2H3. The molecule has 0 bridgehead atoms. The van der Waals surface area contributed by atoms with Crippen LogP contribution in [-0.4, -0.2) is 44.5 Å². The van der Waals surface area contributed by atoms with Crippen LogP contribution in [0.3, 0.4) is 0 Å². The van der Waals surface area contributed by atoms with Crippen molar-refractivity contribution in [1.29, 1.82) is 0 Å². The van der Waals surface area contributed by atoms with Crippen molar-refractivity contribution in [2.75, 3.05) is 32.5 Å². The van der Waals surface area contributed by atoms with E-state index in [2.05, 4.69) is 17.1 Å². The summed E-state index contributed by atoms with van der Waals surface area (Å²) < 4.78 is 15.2. The maximum absolute atomic E-state index is 12.4. The van der Waals surface area contributed by atoms with Gasteiger partial charge in [-0.1, -0.05) is 30.3 Å². The molecule has 0 saturated carbocycles. The number of carbonyl (C=O) groups excluding carboxylic acids is 2. The number of para-hydroxylation sites is 1. The first-order chi connectivity index (χ1) is 14.1. The molecule has 0 aliphatic carbocycles. The maximum Gasteiger partial charge on any atom is 0.355 e. The molecule has 7 nitrogen and oxygen atoms in total. The van der Waals surface area contributed by atoms with Crippen LogP contribution < -0.4 is 4.90 Å². The summed E-state index contributed by atoms with van der Waals surface area (Å²) in [6.45, 7) is 0.109. The Labute approximate surface area is 167 Å². The van der Waals surface area contributed by atoms with Crippen molar-refractivity contribution in [3.8, 4) is 11.3 Å². The Morgan fingerprint density at radius 1 is 1.00 bits per heavy atom. The quantitative estimate of drug-likeness (QED) is 0.687. The first-order valence-electron chi connectivity index (χ1n) is 9.05. The summed E-state index contributed by atoms with van der Waals surface area (Å²) in [5.41, 5.74) is 4.02. The number of benzene rings is 2. The number of H-pyrrole nitrogens is 1. The largest absolute Gasteiger partial charge is 0.466 e. The summed E-state index contributed by atoms with van der Waals surface area (Å²) in [5, 5.41) is 1.13. The molecule has 4 rings (SSSR count). The molecule has 1 aliphatic heterocycles. The predicted octanol–water partition coefficient (Wildman–Crippen LogP) is 3.23. The van der Waals surface area contributed by atoms with Crippen LogP contribution >= 0.6 is 0 Å². The van der Waals surface area contributed by atoms with Gasteiger partial charge in [-0.15, -0.1) is 0 Å². The number of esters is 2. The molecule has 148 valence electrons. The first-order valence-corrected chi connectivity index (χ1v) is 9.05. The predicted molar refractivity (Wildman–Crippen MR) is 108 cm³/mol. The van der Waals surface area contributed by atoms with Crippen molar-refractivity contribution in [2.24, 2.45) is 0 Å². The number of methoxy groups -OCH3 is 2. The van der Waals surface area contributed by atoms with E-state index >= 15 is 0 Å². The highest BCUT2D eigenvalue weighted by molar-refractivity contribution is 6.03. The summed E-state index contributed by atoms with van der Waals surface area (Å²) >= 11 is 0. The molecule has 1 aliphatic rings. The molecular weight excluding hydrogens is 372 g/mol. The van der Waals surface area contributed by atoms with Gasteiger partial charge in [-0.25, -0.2) is 9.59 Å². The van der Waals surface area contributed by atoms with Gasteiger partial charge in [0.2, 0.25) is 0 Å². The van der Waals surface area contributed by atoms with E-state index in [-0.39, 0.29) is 24.6 Å². The second kappa shape index (κ2) is 7.81. The Hall–Kier alpha value is -3.58. The number of anilines is 1. The monoisotopic (exact) mass is 392 g/mol. The summed E-state index contributed by atoms with van der Waals surface area (Å²) in [7, 11) is 2.54. The van der Waals surface area contributed by atoms with E-state index in [1.54, 1.807) is 4.90 Å². The Balaban J connectivity index is 1.70. The molecule has 0 saturated heterocycles. The minimum Gasteiger partial charge on any atom is -0.466 e. The van der Waals surface area contributed by atoms with Crippen LogP contribution in [0, 0.1) is 0 Å². The van der Waals surface area contributed by atoms with Crippen molar-refractivity contribution in [3.05, 3.63) is 65.9 Å². The van der Waals surface area contributed by atoms with Gasteiger partial charge in [0.15, 0.2) is 0 Å². The fourth-order valence-corrected chi connectivity index (χ4v) is 3.40. The van der Waals surface area contributed by atoms with Crippen molar-refractivity contribution >= 4 is 28.5 Å². The fraction of sp³-hybridized carbons (Fsp3) is 0.182. The minimum absolute atomic E-state index is 0.0131. The number of nitrogens with one attached hydrogen (secondary N) is 1. The number of hydrogen-bond acceptors (Lipinski definition) is 6. The Kier molecular flexibility index (Phi) is 5.05. The average Bonchev–Trinajstić information content (AvgIpc) is 3.22. The molecule has 0 atom stereocenters. The highest BCUT2D eigenvalue weighted by Gasteiger charge is 2.32. The molecule has 3 aromatic rings. The van der Waals surface area contributed by atoms with Gasteiger partial charge in [-0.05, 0) is 29.8 Å². The SMILES string of the molecule is COC(=O)C1=C(C(=O)OC)N(c2ccc(-c3cc4ccccc4[nH]3)cc2)COC1. The number of ether oxygens (including phenoxy) is 3. The lowest BCUT2D eigenvalue weighted by atomic mass is 10.1. The lowest BCUT2D eigenvalue weighted by Crippen LogP contribution is -2.38. The molecule has 29 heavy (non-hydrogen) atoms. The topological polar surface area (TPSA) is 80.9 Å². The number of fused-ring (bicyclic) bond motifs is 1. The van der Waals surface area contributed by atoms with E-state index < -0.39 is 11.9 Å². The van der Waals surface area contributed by atoms with Gasteiger partial charge >= 0.3 is 11.9 Å². The van der Waals surface area contributed by atoms with Crippen LogP contribution in [0.15, 0.2) is 65.9 Å². The molecule has 2 heterocycles. The van der Waals surface area contributed by atoms with E-state index in [9.17, 15) is 9.59 Å². The molecular formula is C22H20N2O5. The van der Waals surface area contributed by atoms with Crippen LogP contribution in [0.1, 0.15) is 0 Å². The molecule has 0 fully saturated rings. The molecule has 1 aromatic heterocycles. The molecule has 0 radical (unpaired) electrons. The van der Waals surface area contributed by atoms with Crippen molar-refractivity contribution in [2.45, 2.75) is 0 Å².